The largest absolute Gasteiger partial charge is 0.380 e. The fourth-order valence-corrected chi connectivity index (χ4v) is 2.05. The molecule has 0 radical (unpaired) electrons. The molecule has 0 aliphatic heterocycles. The zero-order valence-corrected chi connectivity index (χ0v) is 12.4. The standard InChI is InChI=1S/C13H20BrFN2O/c1-3-18-7-6-17(2)13(9-16)10-4-5-11(14)12(15)8-10/h4-5,8,13H,3,6-7,9,16H2,1-2H3. The van der Waals surface area contributed by atoms with Gasteiger partial charge in [0.2, 0.25) is 0 Å². The van der Waals surface area contributed by atoms with Gasteiger partial charge in [-0.25, -0.2) is 4.39 Å². The Kier molecular flexibility index (Phi) is 6.78. The number of halogens is 2. The molecule has 102 valence electrons. The van der Waals surface area contributed by atoms with E-state index < -0.39 is 0 Å². The number of nitrogens with two attached hydrogens (primary N) is 1. The van der Waals surface area contributed by atoms with Crippen molar-refractivity contribution in [3.63, 3.8) is 0 Å². The van der Waals surface area contributed by atoms with Gasteiger partial charge in [-0.3, -0.25) is 4.90 Å². The van der Waals surface area contributed by atoms with E-state index in [1.165, 1.54) is 6.07 Å². The van der Waals surface area contributed by atoms with Gasteiger partial charge in [0, 0.05) is 25.7 Å². The first-order valence-electron chi connectivity index (χ1n) is 6.03. The van der Waals surface area contributed by atoms with Gasteiger partial charge in [0.15, 0.2) is 0 Å². The number of hydrogen-bond acceptors (Lipinski definition) is 3. The maximum absolute atomic E-state index is 13.5. The van der Waals surface area contributed by atoms with Crippen LogP contribution in [0.1, 0.15) is 18.5 Å². The highest BCUT2D eigenvalue weighted by Crippen LogP contribution is 2.23. The molecular weight excluding hydrogens is 299 g/mol. The van der Waals surface area contributed by atoms with Gasteiger partial charge in [-0.1, -0.05) is 6.07 Å². The van der Waals surface area contributed by atoms with Crippen molar-refractivity contribution in [2.24, 2.45) is 5.73 Å². The van der Waals surface area contributed by atoms with E-state index in [4.69, 9.17) is 10.5 Å². The maximum Gasteiger partial charge on any atom is 0.137 e. The average Bonchev–Trinajstić information content (AvgIpc) is 2.35. The van der Waals surface area contributed by atoms with Gasteiger partial charge < -0.3 is 10.5 Å². The second-order valence-electron chi connectivity index (χ2n) is 4.10. The summed E-state index contributed by atoms with van der Waals surface area (Å²) in [6, 6.07) is 5.14. The molecule has 1 unspecified atom stereocenters. The summed E-state index contributed by atoms with van der Waals surface area (Å²) in [7, 11) is 1.97. The fraction of sp³-hybridized carbons (Fsp3) is 0.538. The second-order valence-corrected chi connectivity index (χ2v) is 4.96. The molecular formula is C13H20BrFN2O. The molecule has 5 heteroatoms. The second kappa shape index (κ2) is 7.84. The Balaban J connectivity index is 2.72. The molecule has 0 heterocycles. The van der Waals surface area contributed by atoms with Gasteiger partial charge in [-0.2, -0.15) is 0 Å². The Labute approximate surface area is 116 Å². The Morgan fingerprint density at radius 2 is 2.22 bits per heavy atom. The molecule has 1 atom stereocenters. The molecule has 0 aromatic heterocycles. The smallest absolute Gasteiger partial charge is 0.137 e. The highest BCUT2D eigenvalue weighted by molar-refractivity contribution is 9.10. The van der Waals surface area contributed by atoms with Crippen molar-refractivity contribution >= 4 is 15.9 Å². The van der Waals surface area contributed by atoms with Gasteiger partial charge in [0.25, 0.3) is 0 Å². The van der Waals surface area contributed by atoms with Crippen molar-refractivity contribution < 1.29 is 9.13 Å². The van der Waals surface area contributed by atoms with Crippen molar-refractivity contribution in [1.29, 1.82) is 0 Å². The topological polar surface area (TPSA) is 38.5 Å². The number of benzene rings is 1. The molecule has 0 bridgehead atoms. The predicted octanol–water partition coefficient (Wildman–Crippen LogP) is 2.56. The van der Waals surface area contributed by atoms with E-state index in [2.05, 4.69) is 20.8 Å². The highest BCUT2D eigenvalue weighted by Gasteiger charge is 2.16. The zero-order chi connectivity index (χ0) is 13.5. The molecule has 0 saturated heterocycles. The lowest BCUT2D eigenvalue weighted by molar-refractivity contribution is 0.108. The normalized spacial score (nSPS) is 13.0. The third-order valence-electron chi connectivity index (χ3n) is 2.88. The summed E-state index contributed by atoms with van der Waals surface area (Å²) in [5, 5.41) is 0. The molecule has 0 aliphatic rings. The Hall–Kier alpha value is -0.490. The average molecular weight is 319 g/mol. The summed E-state index contributed by atoms with van der Waals surface area (Å²) < 4.78 is 19.3. The minimum absolute atomic E-state index is 0.00746. The first kappa shape index (κ1) is 15.6. The Morgan fingerprint density at radius 1 is 1.50 bits per heavy atom. The maximum atomic E-state index is 13.5. The SMILES string of the molecule is CCOCCN(C)C(CN)c1ccc(Br)c(F)c1. The number of ether oxygens (including phenoxy) is 1. The Bertz CT molecular complexity index is 376. The van der Waals surface area contributed by atoms with E-state index in [1.54, 1.807) is 6.07 Å². The summed E-state index contributed by atoms with van der Waals surface area (Å²) in [6.07, 6.45) is 0. The molecule has 0 saturated carbocycles. The van der Waals surface area contributed by atoms with Crippen molar-refractivity contribution in [2.45, 2.75) is 13.0 Å². The summed E-state index contributed by atoms with van der Waals surface area (Å²) in [5.74, 6) is -0.260. The number of hydrogen-bond donors (Lipinski definition) is 1. The van der Waals surface area contributed by atoms with E-state index in [0.29, 0.717) is 24.2 Å². The van der Waals surface area contributed by atoms with Crippen LogP contribution in [0.3, 0.4) is 0 Å². The third-order valence-corrected chi connectivity index (χ3v) is 3.52. The zero-order valence-electron chi connectivity index (χ0n) is 10.8. The molecule has 1 aromatic carbocycles. The lowest BCUT2D eigenvalue weighted by Gasteiger charge is -2.27. The lowest BCUT2D eigenvalue weighted by Crippen LogP contribution is -2.33. The Morgan fingerprint density at radius 3 is 2.78 bits per heavy atom. The molecule has 2 N–H and O–H groups in total. The van der Waals surface area contributed by atoms with Gasteiger partial charge in [0.05, 0.1) is 11.1 Å². The van der Waals surface area contributed by atoms with Crippen LogP contribution in [0.5, 0.6) is 0 Å². The molecule has 1 rings (SSSR count). The summed E-state index contributed by atoms with van der Waals surface area (Å²) in [4.78, 5) is 2.08. The van der Waals surface area contributed by atoms with Crippen LogP contribution in [0.15, 0.2) is 22.7 Å². The van der Waals surface area contributed by atoms with Crippen molar-refractivity contribution in [3.8, 4) is 0 Å². The number of likely N-dealkylation sites (N-methyl/N-ethyl adjacent to an activating group) is 1. The summed E-state index contributed by atoms with van der Waals surface area (Å²) >= 11 is 3.15. The van der Waals surface area contributed by atoms with E-state index in [-0.39, 0.29) is 11.9 Å². The van der Waals surface area contributed by atoms with Crippen LogP contribution in [-0.4, -0.2) is 38.3 Å². The highest BCUT2D eigenvalue weighted by atomic mass is 79.9. The van der Waals surface area contributed by atoms with E-state index >= 15 is 0 Å². The van der Waals surface area contributed by atoms with Crippen LogP contribution >= 0.6 is 15.9 Å². The molecule has 18 heavy (non-hydrogen) atoms. The van der Waals surface area contributed by atoms with E-state index in [0.717, 1.165) is 12.1 Å². The van der Waals surface area contributed by atoms with Crippen LogP contribution in [-0.2, 0) is 4.74 Å². The molecule has 0 amide bonds. The molecule has 0 fully saturated rings. The number of nitrogens with zero attached hydrogens (tertiary/aromatic N) is 1. The monoisotopic (exact) mass is 318 g/mol. The van der Waals surface area contributed by atoms with Gasteiger partial charge in [-0.05, 0) is 47.6 Å². The van der Waals surface area contributed by atoms with Crippen LogP contribution < -0.4 is 5.73 Å². The van der Waals surface area contributed by atoms with Gasteiger partial charge in [0.1, 0.15) is 5.82 Å². The molecule has 0 aliphatic carbocycles. The van der Waals surface area contributed by atoms with Gasteiger partial charge >= 0.3 is 0 Å². The fourth-order valence-electron chi connectivity index (χ4n) is 1.80. The van der Waals surface area contributed by atoms with Crippen LogP contribution in [0.4, 0.5) is 4.39 Å². The van der Waals surface area contributed by atoms with Crippen LogP contribution in [0, 0.1) is 5.82 Å². The minimum atomic E-state index is -0.260. The number of rotatable bonds is 7. The van der Waals surface area contributed by atoms with Crippen molar-refractivity contribution in [3.05, 3.63) is 34.1 Å². The molecule has 3 nitrogen and oxygen atoms in total. The van der Waals surface area contributed by atoms with Crippen molar-refractivity contribution in [2.75, 3.05) is 33.4 Å². The van der Waals surface area contributed by atoms with Crippen molar-refractivity contribution in [1.82, 2.24) is 4.90 Å². The van der Waals surface area contributed by atoms with Crippen LogP contribution in [0.25, 0.3) is 0 Å². The van der Waals surface area contributed by atoms with E-state index in [9.17, 15) is 4.39 Å². The predicted molar refractivity (Wildman–Crippen MR) is 75.0 cm³/mol. The summed E-state index contributed by atoms with van der Waals surface area (Å²) in [6.45, 7) is 4.54. The van der Waals surface area contributed by atoms with E-state index in [1.807, 2.05) is 20.0 Å². The molecule has 0 spiro atoms. The quantitative estimate of drug-likeness (QED) is 0.785. The summed E-state index contributed by atoms with van der Waals surface area (Å²) in [5.41, 5.74) is 6.67. The van der Waals surface area contributed by atoms with Gasteiger partial charge in [-0.15, -0.1) is 0 Å². The first-order chi connectivity index (χ1) is 8.60. The third kappa shape index (κ3) is 4.31. The lowest BCUT2D eigenvalue weighted by atomic mass is 10.1. The molecule has 1 aromatic rings. The van der Waals surface area contributed by atoms with Crippen LogP contribution in [0.2, 0.25) is 0 Å². The minimum Gasteiger partial charge on any atom is -0.380 e. The first-order valence-corrected chi connectivity index (χ1v) is 6.82.